The molecule has 0 aliphatic rings. The summed E-state index contributed by atoms with van der Waals surface area (Å²) in [6.45, 7) is 8.90. The maximum Gasteiger partial charge on any atom is 0.191 e. The normalized spacial score (nSPS) is 12.3. The zero-order valence-electron chi connectivity index (χ0n) is 13.9. The van der Waals surface area contributed by atoms with Crippen LogP contribution in [0.2, 0.25) is 0 Å². The highest BCUT2D eigenvalue weighted by Gasteiger charge is 2.05. The fourth-order valence-corrected chi connectivity index (χ4v) is 1.74. The Morgan fingerprint density at radius 2 is 1.91 bits per heavy atom. The van der Waals surface area contributed by atoms with Gasteiger partial charge in [0.25, 0.3) is 0 Å². The predicted octanol–water partition coefficient (Wildman–Crippen LogP) is 2.58. The van der Waals surface area contributed by atoms with Crippen LogP contribution in [-0.4, -0.2) is 45.4 Å². The van der Waals surface area contributed by atoms with E-state index in [9.17, 15) is 0 Å². The van der Waals surface area contributed by atoms with Crippen LogP contribution in [-0.2, 0) is 4.74 Å². The largest absolute Gasteiger partial charge is 0.489 e. The van der Waals surface area contributed by atoms with Crippen LogP contribution in [0.5, 0.6) is 5.75 Å². The molecule has 0 radical (unpaired) electrons. The van der Waals surface area contributed by atoms with Gasteiger partial charge >= 0.3 is 0 Å². The molecule has 0 amide bonds. The topological polar surface area (TPSA) is 54.9 Å². The van der Waals surface area contributed by atoms with Crippen LogP contribution < -0.4 is 15.4 Å². The van der Waals surface area contributed by atoms with E-state index in [2.05, 4.69) is 22.5 Å². The van der Waals surface area contributed by atoms with E-state index in [1.165, 1.54) is 5.56 Å². The molecule has 0 bridgehead atoms. The summed E-state index contributed by atoms with van der Waals surface area (Å²) in [6.07, 6.45) is 0.0538. The highest BCUT2D eigenvalue weighted by atomic mass is 127. The van der Waals surface area contributed by atoms with Crippen molar-refractivity contribution in [2.45, 2.75) is 26.9 Å². The summed E-state index contributed by atoms with van der Waals surface area (Å²) in [5, 5.41) is 6.43. The molecular weight excluding hydrogens is 393 g/mol. The first-order valence-corrected chi connectivity index (χ1v) is 7.41. The van der Waals surface area contributed by atoms with Crippen molar-refractivity contribution in [3.8, 4) is 5.75 Å². The van der Waals surface area contributed by atoms with E-state index in [1.807, 2.05) is 38.1 Å². The van der Waals surface area contributed by atoms with Gasteiger partial charge in [0, 0.05) is 20.2 Å². The lowest BCUT2D eigenvalue weighted by Crippen LogP contribution is -2.42. The Balaban J connectivity index is 0.00000441. The monoisotopic (exact) mass is 421 g/mol. The molecule has 0 spiro atoms. The number of nitrogens with one attached hydrogen (secondary N) is 2. The van der Waals surface area contributed by atoms with Crippen molar-refractivity contribution >= 4 is 29.9 Å². The van der Waals surface area contributed by atoms with Gasteiger partial charge in [-0.1, -0.05) is 17.7 Å². The third kappa shape index (κ3) is 9.09. The fourth-order valence-electron chi connectivity index (χ4n) is 1.74. The Bertz CT molecular complexity index is 424. The van der Waals surface area contributed by atoms with Gasteiger partial charge in [0.15, 0.2) is 5.96 Å². The molecule has 6 heteroatoms. The Kier molecular flexibility index (Phi) is 11.9. The van der Waals surface area contributed by atoms with Crippen LogP contribution in [0.25, 0.3) is 0 Å². The van der Waals surface area contributed by atoms with Crippen LogP contribution >= 0.6 is 24.0 Å². The summed E-state index contributed by atoms with van der Waals surface area (Å²) < 4.78 is 11.1. The number of ether oxygens (including phenoxy) is 2. The van der Waals surface area contributed by atoms with Crippen molar-refractivity contribution in [1.29, 1.82) is 0 Å². The van der Waals surface area contributed by atoms with E-state index >= 15 is 0 Å². The average Bonchev–Trinajstić information content (AvgIpc) is 2.49. The van der Waals surface area contributed by atoms with E-state index in [1.54, 1.807) is 7.05 Å². The van der Waals surface area contributed by atoms with Gasteiger partial charge in [0.05, 0.1) is 13.2 Å². The standard InChI is InChI=1S/C16H27N3O2.HI/c1-5-20-11-10-18-16(17-4)19-12-14(3)21-15-8-6-13(2)7-9-15;/h6-9,14H,5,10-12H2,1-4H3,(H2,17,18,19);1H. The van der Waals surface area contributed by atoms with Gasteiger partial charge in [-0.05, 0) is 32.9 Å². The van der Waals surface area contributed by atoms with Gasteiger partial charge in [-0.25, -0.2) is 0 Å². The molecule has 5 nitrogen and oxygen atoms in total. The first-order chi connectivity index (χ1) is 10.2. The number of hydrogen-bond donors (Lipinski definition) is 2. The Morgan fingerprint density at radius 3 is 2.50 bits per heavy atom. The molecule has 0 heterocycles. The Morgan fingerprint density at radius 1 is 1.23 bits per heavy atom. The summed E-state index contributed by atoms with van der Waals surface area (Å²) >= 11 is 0. The molecule has 2 N–H and O–H groups in total. The third-order valence-electron chi connectivity index (χ3n) is 2.88. The summed E-state index contributed by atoms with van der Waals surface area (Å²) in [7, 11) is 1.75. The molecule has 126 valence electrons. The number of hydrogen-bond acceptors (Lipinski definition) is 3. The van der Waals surface area contributed by atoms with Crippen molar-refractivity contribution in [2.24, 2.45) is 4.99 Å². The second-order valence-electron chi connectivity index (χ2n) is 4.82. The summed E-state index contributed by atoms with van der Waals surface area (Å²) in [6, 6.07) is 8.06. The summed E-state index contributed by atoms with van der Waals surface area (Å²) in [5.74, 6) is 1.64. The number of guanidine groups is 1. The molecule has 0 saturated carbocycles. The molecule has 1 unspecified atom stereocenters. The van der Waals surface area contributed by atoms with Crippen LogP contribution in [0, 0.1) is 6.92 Å². The minimum absolute atomic E-state index is 0. The van der Waals surface area contributed by atoms with Crippen LogP contribution in [0.1, 0.15) is 19.4 Å². The lowest BCUT2D eigenvalue weighted by atomic mass is 10.2. The second kappa shape index (κ2) is 12.5. The number of halogens is 1. The minimum atomic E-state index is 0. The maximum absolute atomic E-state index is 5.84. The number of rotatable bonds is 8. The number of aliphatic imine (C=N–C) groups is 1. The third-order valence-corrected chi connectivity index (χ3v) is 2.88. The Hall–Kier alpha value is -1.02. The molecule has 0 fully saturated rings. The van der Waals surface area contributed by atoms with Crippen LogP contribution in [0.15, 0.2) is 29.3 Å². The zero-order chi connectivity index (χ0) is 15.5. The Labute approximate surface area is 150 Å². The predicted molar refractivity (Wildman–Crippen MR) is 103 cm³/mol. The van der Waals surface area contributed by atoms with Crippen molar-refractivity contribution in [3.05, 3.63) is 29.8 Å². The first-order valence-electron chi connectivity index (χ1n) is 7.41. The molecule has 1 rings (SSSR count). The number of benzene rings is 1. The summed E-state index contributed by atoms with van der Waals surface area (Å²) in [5.41, 5.74) is 1.23. The maximum atomic E-state index is 5.84. The van der Waals surface area contributed by atoms with Gasteiger partial charge in [0.2, 0.25) is 0 Å². The second-order valence-corrected chi connectivity index (χ2v) is 4.82. The molecule has 1 aromatic rings. The van der Waals surface area contributed by atoms with Crippen molar-refractivity contribution in [3.63, 3.8) is 0 Å². The van der Waals surface area contributed by atoms with Crippen molar-refractivity contribution in [2.75, 3.05) is 33.4 Å². The molecule has 1 atom stereocenters. The van der Waals surface area contributed by atoms with Gasteiger partial charge in [-0.3, -0.25) is 4.99 Å². The molecule has 0 saturated heterocycles. The molecule has 0 aliphatic heterocycles. The fraction of sp³-hybridized carbons (Fsp3) is 0.562. The SMILES string of the molecule is CCOCCNC(=NC)NCC(C)Oc1ccc(C)cc1.I. The summed E-state index contributed by atoms with van der Waals surface area (Å²) in [4.78, 5) is 4.16. The average molecular weight is 421 g/mol. The number of nitrogens with zero attached hydrogens (tertiary/aromatic N) is 1. The highest BCUT2D eigenvalue weighted by molar-refractivity contribution is 14.0. The van der Waals surface area contributed by atoms with Gasteiger partial charge in [-0.15, -0.1) is 24.0 Å². The molecule has 0 aromatic heterocycles. The first kappa shape index (κ1) is 21.0. The number of aryl methyl sites for hydroxylation is 1. The van der Waals surface area contributed by atoms with Crippen molar-refractivity contribution in [1.82, 2.24) is 10.6 Å². The highest BCUT2D eigenvalue weighted by Crippen LogP contribution is 2.12. The molecule has 1 aromatic carbocycles. The van der Waals surface area contributed by atoms with E-state index in [0.29, 0.717) is 13.2 Å². The lowest BCUT2D eigenvalue weighted by Gasteiger charge is -2.17. The van der Waals surface area contributed by atoms with Gasteiger partial charge < -0.3 is 20.1 Å². The minimum Gasteiger partial charge on any atom is -0.489 e. The van der Waals surface area contributed by atoms with Crippen molar-refractivity contribution < 1.29 is 9.47 Å². The van der Waals surface area contributed by atoms with E-state index < -0.39 is 0 Å². The van der Waals surface area contributed by atoms with E-state index in [4.69, 9.17) is 9.47 Å². The quantitative estimate of drug-likeness (QED) is 0.293. The van der Waals surface area contributed by atoms with Gasteiger partial charge in [0.1, 0.15) is 11.9 Å². The van der Waals surface area contributed by atoms with Crippen LogP contribution in [0.3, 0.4) is 0 Å². The molecular formula is C16H28IN3O2. The van der Waals surface area contributed by atoms with Crippen LogP contribution in [0.4, 0.5) is 0 Å². The lowest BCUT2D eigenvalue weighted by molar-refractivity contribution is 0.152. The smallest absolute Gasteiger partial charge is 0.191 e. The molecule has 22 heavy (non-hydrogen) atoms. The van der Waals surface area contributed by atoms with Gasteiger partial charge in [-0.2, -0.15) is 0 Å². The van der Waals surface area contributed by atoms with E-state index in [-0.39, 0.29) is 30.1 Å². The molecule has 0 aliphatic carbocycles. The van der Waals surface area contributed by atoms with E-state index in [0.717, 1.165) is 24.9 Å². The zero-order valence-corrected chi connectivity index (χ0v) is 16.2.